The molecule has 1 aliphatic rings. The van der Waals surface area contributed by atoms with Gasteiger partial charge in [0.05, 0.1) is 23.8 Å². The number of hydrogen-bond acceptors (Lipinski definition) is 4. The Morgan fingerprint density at radius 3 is 2.68 bits per heavy atom. The largest absolute Gasteiger partial charge is 0.379 e. The van der Waals surface area contributed by atoms with Crippen LogP contribution in [0.2, 0.25) is 5.02 Å². The van der Waals surface area contributed by atoms with E-state index in [1.165, 1.54) is 5.56 Å². The maximum absolute atomic E-state index is 6.25. The third kappa shape index (κ3) is 3.40. The number of aromatic nitrogens is 3. The highest BCUT2D eigenvalue weighted by Gasteiger charge is 2.13. The first-order chi connectivity index (χ1) is 12.2. The Labute approximate surface area is 152 Å². The molecule has 1 aromatic carbocycles. The number of fused-ring (bicyclic) bond motifs is 1. The van der Waals surface area contributed by atoms with E-state index < -0.39 is 0 Å². The van der Waals surface area contributed by atoms with Crippen LogP contribution >= 0.6 is 11.6 Å². The van der Waals surface area contributed by atoms with E-state index in [-0.39, 0.29) is 0 Å². The number of hydrogen-bond donors (Lipinski definition) is 1. The molecule has 25 heavy (non-hydrogen) atoms. The van der Waals surface area contributed by atoms with Crippen LogP contribution in [0.25, 0.3) is 22.6 Å². The zero-order valence-corrected chi connectivity index (χ0v) is 15.0. The van der Waals surface area contributed by atoms with Crippen molar-refractivity contribution in [2.45, 2.75) is 19.9 Å². The molecule has 0 saturated carbocycles. The van der Waals surface area contributed by atoms with Gasteiger partial charge in [0, 0.05) is 31.4 Å². The first-order valence-electron chi connectivity index (χ1n) is 8.67. The van der Waals surface area contributed by atoms with Crippen molar-refractivity contribution < 1.29 is 4.74 Å². The zero-order valence-electron chi connectivity index (χ0n) is 14.3. The van der Waals surface area contributed by atoms with E-state index in [1.807, 2.05) is 0 Å². The van der Waals surface area contributed by atoms with Crippen molar-refractivity contribution in [3.63, 3.8) is 0 Å². The summed E-state index contributed by atoms with van der Waals surface area (Å²) in [4.78, 5) is 14.8. The van der Waals surface area contributed by atoms with Gasteiger partial charge in [-0.05, 0) is 17.5 Å². The van der Waals surface area contributed by atoms with Crippen LogP contribution in [0.4, 0.5) is 0 Å². The normalized spacial score (nSPS) is 15.8. The predicted octanol–water partition coefficient (Wildman–Crippen LogP) is 3.67. The van der Waals surface area contributed by atoms with Crippen LogP contribution < -0.4 is 0 Å². The highest BCUT2D eigenvalue weighted by molar-refractivity contribution is 6.32. The maximum Gasteiger partial charge on any atom is 0.178 e. The van der Waals surface area contributed by atoms with Gasteiger partial charge in [0.15, 0.2) is 5.65 Å². The molecule has 1 aliphatic heterocycles. The van der Waals surface area contributed by atoms with Gasteiger partial charge in [-0.15, -0.1) is 0 Å². The Kier molecular flexibility index (Phi) is 4.70. The third-order valence-electron chi connectivity index (χ3n) is 4.67. The molecule has 5 nitrogen and oxygen atoms in total. The summed E-state index contributed by atoms with van der Waals surface area (Å²) < 4.78 is 5.40. The molecule has 0 spiro atoms. The number of aromatic amines is 1. The lowest BCUT2D eigenvalue weighted by Gasteiger charge is -2.26. The molecule has 1 N–H and O–H groups in total. The summed E-state index contributed by atoms with van der Waals surface area (Å²) in [6.45, 7) is 6.69. The minimum Gasteiger partial charge on any atom is -0.379 e. The number of aryl methyl sites for hydroxylation is 1. The first kappa shape index (κ1) is 16.5. The standard InChI is InChI=1S/C19H21ClN4O/c1-2-15-16(20)11-21-19-17(15)22-18(23-19)14-5-3-13(4-6-14)12-24-7-9-25-10-8-24/h3-6,11H,2,7-10,12H2,1H3,(H,21,22,23). The lowest BCUT2D eigenvalue weighted by molar-refractivity contribution is 0.0342. The lowest BCUT2D eigenvalue weighted by atomic mass is 10.1. The maximum atomic E-state index is 6.25. The second-order valence-electron chi connectivity index (χ2n) is 6.31. The van der Waals surface area contributed by atoms with Gasteiger partial charge in [0.2, 0.25) is 0 Å². The highest BCUT2D eigenvalue weighted by atomic mass is 35.5. The molecule has 1 saturated heterocycles. The van der Waals surface area contributed by atoms with Gasteiger partial charge in [-0.3, -0.25) is 4.90 Å². The van der Waals surface area contributed by atoms with Crippen molar-refractivity contribution >= 4 is 22.8 Å². The Balaban J connectivity index is 1.58. The van der Waals surface area contributed by atoms with Crippen LogP contribution in [0, 0.1) is 0 Å². The van der Waals surface area contributed by atoms with E-state index in [9.17, 15) is 0 Å². The Hall–Kier alpha value is -1.95. The first-order valence-corrected chi connectivity index (χ1v) is 9.05. The lowest BCUT2D eigenvalue weighted by Crippen LogP contribution is -2.35. The highest BCUT2D eigenvalue weighted by Crippen LogP contribution is 2.26. The van der Waals surface area contributed by atoms with Crippen LogP contribution in [0.15, 0.2) is 30.5 Å². The summed E-state index contributed by atoms with van der Waals surface area (Å²) in [6.07, 6.45) is 2.52. The molecule has 4 rings (SSSR count). The quantitative estimate of drug-likeness (QED) is 0.774. The van der Waals surface area contributed by atoms with Crippen molar-refractivity contribution in [2.75, 3.05) is 26.3 Å². The number of ether oxygens (including phenoxy) is 1. The molecule has 2 aromatic heterocycles. The third-order valence-corrected chi connectivity index (χ3v) is 4.99. The van der Waals surface area contributed by atoms with E-state index in [4.69, 9.17) is 16.3 Å². The van der Waals surface area contributed by atoms with Crippen molar-refractivity contribution in [3.05, 3.63) is 46.6 Å². The molecule has 0 radical (unpaired) electrons. The van der Waals surface area contributed by atoms with E-state index in [0.717, 1.165) is 61.7 Å². The fraction of sp³-hybridized carbons (Fsp3) is 0.368. The zero-order chi connectivity index (χ0) is 17.2. The molecule has 0 amide bonds. The number of H-pyrrole nitrogens is 1. The molecule has 0 atom stereocenters. The Bertz CT molecular complexity index is 869. The SMILES string of the molecule is CCc1c(Cl)cnc2nc(-c3ccc(CN4CCOCC4)cc3)[nH]c12. The van der Waals surface area contributed by atoms with Gasteiger partial charge in [-0.25, -0.2) is 9.97 Å². The predicted molar refractivity (Wildman–Crippen MR) is 99.8 cm³/mol. The van der Waals surface area contributed by atoms with Gasteiger partial charge >= 0.3 is 0 Å². The molecule has 6 heteroatoms. The molecular weight excluding hydrogens is 336 g/mol. The number of rotatable bonds is 4. The fourth-order valence-electron chi connectivity index (χ4n) is 3.25. The summed E-state index contributed by atoms with van der Waals surface area (Å²) in [5.41, 5.74) is 5.07. The van der Waals surface area contributed by atoms with Crippen LogP contribution in [0.5, 0.6) is 0 Å². The average molecular weight is 357 g/mol. The summed E-state index contributed by atoms with van der Waals surface area (Å²) in [5, 5.41) is 0.686. The molecule has 0 aliphatic carbocycles. The van der Waals surface area contributed by atoms with E-state index >= 15 is 0 Å². The molecule has 1 fully saturated rings. The van der Waals surface area contributed by atoms with Gasteiger partial charge in [0.1, 0.15) is 5.82 Å². The second kappa shape index (κ2) is 7.12. The smallest absolute Gasteiger partial charge is 0.178 e. The average Bonchev–Trinajstić information content (AvgIpc) is 3.07. The molecule has 3 aromatic rings. The van der Waals surface area contributed by atoms with Crippen LogP contribution in [-0.4, -0.2) is 46.2 Å². The molecule has 3 heterocycles. The van der Waals surface area contributed by atoms with Crippen molar-refractivity contribution in [3.8, 4) is 11.4 Å². The van der Waals surface area contributed by atoms with Crippen molar-refractivity contribution in [2.24, 2.45) is 0 Å². The Morgan fingerprint density at radius 1 is 1.20 bits per heavy atom. The second-order valence-corrected chi connectivity index (χ2v) is 6.71. The van der Waals surface area contributed by atoms with Gasteiger partial charge in [-0.2, -0.15) is 0 Å². The van der Waals surface area contributed by atoms with Crippen LogP contribution in [0.3, 0.4) is 0 Å². The fourth-order valence-corrected chi connectivity index (χ4v) is 3.53. The number of nitrogens with zero attached hydrogens (tertiary/aromatic N) is 3. The number of benzene rings is 1. The van der Waals surface area contributed by atoms with Crippen molar-refractivity contribution in [1.82, 2.24) is 19.9 Å². The summed E-state index contributed by atoms with van der Waals surface area (Å²) >= 11 is 6.25. The molecule has 130 valence electrons. The number of nitrogens with one attached hydrogen (secondary N) is 1. The van der Waals surface area contributed by atoms with E-state index in [0.29, 0.717) is 10.7 Å². The molecular formula is C19H21ClN4O. The number of pyridine rings is 1. The van der Waals surface area contributed by atoms with Gasteiger partial charge in [0.25, 0.3) is 0 Å². The number of morpholine rings is 1. The summed E-state index contributed by atoms with van der Waals surface area (Å²) in [6, 6.07) is 8.56. The van der Waals surface area contributed by atoms with E-state index in [1.54, 1.807) is 6.20 Å². The Morgan fingerprint density at radius 2 is 1.96 bits per heavy atom. The van der Waals surface area contributed by atoms with Gasteiger partial charge < -0.3 is 9.72 Å². The van der Waals surface area contributed by atoms with Crippen LogP contribution in [-0.2, 0) is 17.7 Å². The van der Waals surface area contributed by atoms with E-state index in [2.05, 4.69) is 51.0 Å². The minimum atomic E-state index is 0.686. The summed E-state index contributed by atoms with van der Waals surface area (Å²) in [5.74, 6) is 0.831. The van der Waals surface area contributed by atoms with Crippen LogP contribution in [0.1, 0.15) is 18.1 Å². The van der Waals surface area contributed by atoms with Gasteiger partial charge in [-0.1, -0.05) is 42.8 Å². The molecule has 0 unspecified atom stereocenters. The van der Waals surface area contributed by atoms with Crippen molar-refractivity contribution in [1.29, 1.82) is 0 Å². The summed E-state index contributed by atoms with van der Waals surface area (Å²) in [7, 11) is 0. The number of halogens is 1. The topological polar surface area (TPSA) is 54.0 Å². The minimum absolute atomic E-state index is 0.686. The molecule has 0 bridgehead atoms. The monoisotopic (exact) mass is 356 g/mol. The number of imidazole rings is 1.